The lowest BCUT2D eigenvalue weighted by Gasteiger charge is -2.71. The number of methoxy groups -OCH3 is 2. The van der Waals surface area contributed by atoms with Crippen molar-refractivity contribution in [1.82, 2.24) is 0 Å². The fourth-order valence-corrected chi connectivity index (χ4v) is 10.8. The minimum Gasteiger partial charge on any atom is -0.382 e. The molecule has 0 aromatic heterocycles. The van der Waals surface area contributed by atoms with E-state index >= 15 is 0 Å². The Bertz CT molecular complexity index is 716. The normalized spacial score (nSPS) is 47.7. The van der Waals surface area contributed by atoms with Crippen LogP contribution in [0.5, 0.6) is 0 Å². The molecule has 9 atom stereocenters. The molecular weight excluding hydrogens is 416 g/mol. The molecule has 4 rings (SSSR count). The largest absolute Gasteiger partial charge is 0.382 e. The first-order valence-corrected chi connectivity index (χ1v) is 14.9. The Morgan fingerprint density at radius 1 is 0.794 bits per heavy atom. The molecule has 2 nitrogen and oxygen atoms in total. The van der Waals surface area contributed by atoms with Crippen LogP contribution in [0.15, 0.2) is 0 Å². The number of rotatable bonds is 7. The molecule has 0 saturated heterocycles. The Balaban J connectivity index is 1.49. The van der Waals surface area contributed by atoms with E-state index in [1.807, 2.05) is 7.11 Å². The van der Waals surface area contributed by atoms with Crippen molar-refractivity contribution in [2.45, 2.75) is 132 Å². The highest BCUT2D eigenvalue weighted by molar-refractivity contribution is 5.15. The summed E-state index contributed by atoms with van der Waals surface area (Å²) >= 11 is 0. The molecule has 4 aliphatic carbocycles. The smallest absolute Gasteiger partial charge is 0.0829 e. The van der Waals surface area contributed by atoms with E-state index in [2.05, 4.69) is 48.5 Å². The topological polar surface area (TPSA) is 18.5 Å². The van der Waals surface area contributed by atoms with Gasteiger partial charge in [0, 0.05) is 14.2 Å². The molecule has 4 aliphatic rings. The monoisotopic (exact) mass is 474 g/mol. The molecule has 0 aliphatic heterocycles. The summed E-state index contributed by atoms with van der Waals surface area (Å²) in [5, 5.41) is 0. The molecule has 8 unspecified atom stereocenters. The van der Waals surface area contributed by atoms with Crippen LogP contribution in [0.2, 0.25) is 0 Å². The molecule has 0 radical (unpaired) electrons. The van der Waals surface area contributed by atoms with Gasteiger partial charge in [-0.15, -0.1) is 0 Å². The predicted molar refractivity (Wildman–Crippen MR) is 144 cm³/mol. The van der Waals surface area contributed by atoms with Gasteiger partial charge in [-0.1, -0.05) is 54.9 Å². The van der Waals surface area contributed by atoms with Crippen molar-refractivity contribution in [3.63, 3.8) is 0 Å². The number of ether oxygens (including phenoxy) is 2. The zero-order valence-corrected chi connectivity index (χ0v) is 24.4. The van der Waals surface area contributed by atoms with E-state index in [1.165, 1.54) is 77.0 Å². The first-order valence-electron chi connectivity index (χ1n) is 14.9. The highest BCUT2D eigenvalue weighted by atomic mass is 16.5. The summed E-state index contributed by atoms with van der Waals surface area (Å²) in [5.74, 6) is 3.34. The van der Waals surface area contributed by atoms with Crippen molar-refractivity contribution < 1.29 is 9.47 Å². The first kappa shape index (κ1) is 27.0. The van der Waals surface area contributed by atoms with E-state index in [-0.39, 0.29) is 6.10 Å². The van der Waals surface area contributed by atoms with Gasteiger partial charge in [-0.3, -0.25) is 0 Å². The number of hydrogen-bond acceptors (Lipinski definition) is 2. The van der Waals surface area contributed by atoms with Crippen molar-refractivity contribution in [3.05, 3.63) is 0 Å². The van der Waals surface area contributed by atoms with Gasteiger partial charge in [-0.05, 0) is 121 Å². The quantitative estimate of drug-likeness (QED) is 0.366. The van der Waals surface area contributed by atoms with E-state index in [1.54, 1.807) is 7.11 Å². The summed E-state index contributed by atoms with van der Waals surface area (Å²) in [6, 6.07) is 0. The fraction of sp³-hybridized carbons (Fsp3) is 1.00. The summed E-state index contributed by atoms with van der Waals surface area (Å²) in [7, 11) is 3.64. The third-order valence-corrected chi connectivity index (χ3v) is 13.3. The molecule has 4 fully saturated rings. The van der Waals surface area contributed by atoms with Crippen LogP contribution >= 0.6 is 0 Å². The Kier molecular flexibility index (Phi) is 7.41. The van der Waals surface area contributed by atoms with Gasteiger partial charge < -0.3 is 9.47 Å². The van der Waals surface area contributed by atoms with Gasteiger partial charge in [0.1, 0.15) is 0 Å². The molecule has 0 amide bonds. The maximum Gasteiger partial charge on any atom is 0.0829 e. The zero-order valence-electron chi connectivity index (χ0n) is 24.4. The Morgan fingerprint density at radius 3 is 2.21 bits per heavy atom. The SMILES string of the molecule is COCC(OC)C(C)CCC1(C)CC[C@]2(C)C(CCC3C4(C)CCCC(C)(C)C4CCC32C)C1. The molecule has 198 valence electrons. The van der Waals surface area contributed by atoms with Crippen molar-refractivity contribution in [2.24, 2.45) is 50.7 Å². The van der Waals surface area contributed by atoms with Crippen LogP contribution in [0.3, 0.4) is 0 Å². The van der Waals surface area contributed by atoms with Gasteiger partial charge in [0.15, 0.2) is 0 Å². The van der Waals surface area contributed by atoms with Crippen molar-refractivity contribution >= 4 is 0 Å². The minimum atomic E-state index is 0.229. The summed E-state index contributed by atoms with van der Waals surface area (Å²) in [5.41, 5.74) is 2.66. The summed E-state index contributed by atoms with van der Waals surface area (Å²) in [6.45, 7) is 19.1. The molecule has 34 heavy (non-hydrogen) atoms. The van der Waals surface area contributed by atoms with Crippen LogP contribution in [0.1, 0.15) is 126 Å². The van der Waals surface area contributed by atoms with Crippen molar-refractivity contribution in [3.8, 4) is 0 Å². The predicted octanol–water partition coefficient (Wildman–Crippen LogP) is 8.92. The van der Waals surface area contributed by atoms with Gasteiger partial charge >= 0.3 is 0 Å². The lowest BCUT2D eigenvalue weighted by molar-refractivity contribution is -0.223. The summed E-state index contributed by atoms with van der Waals surface area (Å²) in [6.07, 6.45) is 17.5. The highest BCUT2D eigenvalue weighted by Gasteiger charge is 2.66. The average Bonchev–Trinajstić information content (AvgIpc) is 2.76. The van der Waals surface area contributed by atoms with Gasteiger partial charge in [0.05, 0.1) is 12.7 Å². The molecule has 0 aromatic carbocycles. The molecule has 0 N–H and O–H groups in total. The van der Waals surface area contributed by atoms with Crippen LogP contribution in [0, 0.1) is 50.7 Å². The van der Waals surface area contributed by atoms with Crippen LogP contribution in [0.4, 0.5) is 0 Å². The van der Waals surface area contributed by atoms with Crippen LogP contribution in [-0.4, -0.2) is 26.9 Å². The molecule has 2 heteroatoms. The van der Waals surface area contributed by atoms with E-state index in [9.17, 15) is 0 Å². The number of fused-ring (bicyclic) bond motifs is 5. The van der Waals surface area contributed by atoms with Crippen LogP contribution < -0.4 is 0 Å². The zero-order chi connectivity index (χ0) is 25.0. The van der Waals surface area contributed by atoms with Gasteiger partial charge in [0.2, 0.25) is 0 Å². The minimum absolute atomic E-state index is 0.229. The van der Waals surface area contributed by atoms with Gasteiger partial charge in [-0.2, -0.15) is 0 Å². The average molecular weight is 475 g/mol. The lowest BCUT2D eigenvalue weighted by atomic mass is 9.33. The number of hydrogen-bond donors (Lipinski definition) is 0. The van der Waals surface area contributed by atoms with E-state index < -0.39 is 0 Å². The van der Waals surface area contributed by atoms with E-state index in [0.29, 0.717) is 39.6 Å². The second-order valence-electron chi connectivity index (χ2n) is 15.4. The highest BCUT2D eigenvalue weighted by Crippen LogP contribution is 2.75. The maximum absolute atomic E-state index is 5.74. The Labute approximate surface area is 212 Å². The second-order valence-corrected chi connectivity index (χ2v) is 15.4. The molecule has 0 aromatic rings. The Morgan fingerprint density at radius 2 is 1.53 bits per heavy atom. The standard InChI is InChI=1S/C32H58O2/c1-23(25(34-9)22-33-8)13-17-29(4)19-20-31(6)24(21-29)11-12-27-30(5)16-10-15-28(2,3)26(30)14-18-32(27,31)7/h23-27H,10-22H2,1-9H3/t23?,24?,25?,26?,27?,29?,30?,31-,32?/m1/s1. The lowest BCUT2D eigenvalue weighted by Crippen LogP contribution is -2.63. The van der Waals surface area contributed by atoms with Gasteiger partial charge in [-0.25, -0.2) is 0 Å². The van der Waals surface area contributed by atoms with Gasteiger partial charge in [0.25, 0.3) is 0 Å². The first-order chi connectivity index (χ1) is 15.9. The Hall–Kier alpha value is -0.0800. The third kappa shape index (κ3) is 4.23. The van der Waals surface area contributed by atoms with Crippen LogP contribution in [0.25, 0.3) is 0 Å². The molecule has 0 bridgehead atoms. The molecular formula is C32H58O2. The molecule has 0 heterocycles. The maximum atomic E-state index is 5.74. The summed E-state index contributed by atoms with van der Waals surface area (Å²) in [4.78, 5) is 0. The van der Waals surface area contributed by atoms with Crippen molar-refractivity contribution in [1.29, 1.82) is 0 Å². The van der Waals surface area contributed by atoms with Crippen LogP contribution in [-0.2, 0) is 9.47 Å². The fourth-order valence-electron chi connectivity index (χ4n) is 10.8. The van der Waals surface area contributed by atoms with Crippen molar-refractivity contribution in [2.75, 3.05) is 20.8 Å². The third-order valence-electron chi connectivity index (χ3n) is 13.3. The van der Waals surface area contributed by atoms with E-state index in [0.717, 1.165) is 17.8 Å². The molecule has 0 spiro atoms. The van der Waals surface area contributed by atoms with E-state index in [4.69, 9.17) is 9.47 Å². The molecule has 4 saturated carbocycles. The summed E-state index contributed by atoms with van der Waals surface area (Å²) < 4.78 is 11.2. The second kappa shape index (κ2) is 9.34.